The molecule has 0 spiro atoms. The summed E-state index contributed by atoms with van der Waals surface area (Å²) in [5.41, 5.74) is 0. The molecule has 4 heteroatoms. The van der Waals surface area contributed by atoms with Crippen molar-refractivity contribution >= 4 is 11.5 Å². The molecule has 0 radical (unpaired) electrons. The monoisotopic (exact) mass is 186 g/mol. The van der Waals surface area contributed by atoms with E-state index >= 15 is 0 Å². The molecule has 0 bridgehead atoms. The SMILES string of the molecule is CCCC(O)Cc1nc(C)ns1. The molecule has 0 aliphatic carbocycles. The fraction of sp³-hybridized carbons (Fsp3) is 0.750. The van der Waals surface area contributed by atoms with E-state index in [9.17, 15) is 5.11 Å². The molecular formula is C8H14N2OS. The van der Waals surface area contributed by atoms with Crippen molar-refractivity contribution in [3.8, 4) is 0 Å². The molecule has 0 aromatic carbocycles. The lowest BCUT2D eigenvalue weighted by Crippen LogP contribution is -2.09. The van der Waals surface area contributed by atoms with Crippen LogP contribution in [0.5, 0.6) is 0 Å². The van der Waals surface area contributed by atoms with E-state index in [0.29, 0.717) is 6.42 Å². The van der Waals surface area contributed by atoms with Gasteiger partial charge < -0.3 is 5.11 Å². The molecule has 0 amide bonds. The number of aromatic nitrogens is 2. The highest BCUT2D eigenvalue weighted by atomic mass is 32.1. The van der Waals surface area contributed by atoms with Crippen molar-refractivity contribution in [2.45, 2.75) is 39.2 Å². The van der Waals surface area contributed by atoms with Gasteiger partial charge in [-0.3, -0.25) is 0 Å². The van der Waals surface area contributed by atoms with Gasteiger partial charge in [-0.05, 0) is 24.9 Å². The number of hydrogen-bond donors (Lipinski definition) is 1. The maximum atomic E-state index is 9.45. The zero-order chi connectivity index (χ0) is 8.97. The summed E-state index contributed by atoms with van der Waals surface area (Å²) in [5.74, 6) is 0.804. The highest BCUT2D eigenvalue weighted by molar-refractivity contribution is 7.05. The predicted molar refractivity (Wildman–Crippen MR) is 49.3 cm³/mol. The molecule has 0 saturated heterocycles. The third-order valence-electron chi connectivity index (χ3n) is 1.60. The van der Waals surface area contributed by atoms with Gasteiger partial charge in [-0.1, -0.05) is 13.3 Å². The Morgan fingerprint density at radius 2 is 2.33 bits per heavy atom. The fourth-order valence-electron chi connectivity index (χ4n) is 1.06. The Balaban J connectivity index is 2.41. The molecule has 0 aliphatic rings. The molecule has 1 heterocycles. The number of hydrogen-bond acceptors (Lipinski definition) is 4. The molecule has 1 aromatic rings. The molecule has 3 nitrogen and oxygen atoms in total. The van der Waals surface area contributed by atoms with Crippen molar-refractivity contribution in [1.82, 2.24) is 9.36 Å². The predicted octanol–water partition coefficient (Wildman–Crippen LogP) is 1.55. The minimum Gasteiger partial charge on any atom is -0.393 e. The summed E-state index contributed by atoms with van der Waals surface area (Å²) in [6.45, 7) is 3.93. The zero-order valence-electron chi connectivity index (χ0n) is 7.45. The van der Waals surface area contributed by atoms with E-state index in [2.05, 4.69) is 16.3 Å². The summed E-state index contributed by atoms with van der Waals surface area (Å²) >= 11 is 1.38. The van der Waals surface area contributed by atoms with Crippen molar-refractivity contribution < 1.29 is 5.11 Å². The summed E-state index contributed by atoms with van der Waals surface area (Å²) in [6.07, 6.45) is 2.26. The van der Waals surface area contributed by atoms with E-state index < -0.39 is 0 Å². The van der Waals surface area contributed by atoms with Crippen LogP contribution in [0, 0.1) is 6.92 Å². The van der Waals surface area contributed by atoms with Crippen LogP contribution < -0.4 is 0 Å². The summed E-state index contributed by atoms with van der Waals surface area (Å²) in [6, 6.07) is 0. The van der Waals surface area contributed by atoms with Gasteiger partial charge in [0.1, 0.15) is 10.8 Å². The van der Waals surface area contributed by atoms with Crippen molar-refractivity contribution in [3.63, 3.8) is 0 Å². The lowest BCUT2D eigenvalue weighted by atomic mass is 10.1. The van der Waals surface area contributed by atoms with E-state index in [4.69, 9.17) is 0 Å². The third-order valence-corrected chi connectivity index (χ3v) is 2.43. The van der Waals surface area contributed by atoms with Gasteiger partial charge in [0.2, 0.25) is 0 Å². The van der Waals surface area contributed by atoms with Gasteiger partial charge in [-0.2, -0.15) is 4.37 Å². The van der Waals surface area contributed by atoms with Crippen molar-refractivity contribution in [3.05, 3.63) is 10.8 Å². The normalized spacial score (nSPS) is 13.2. The summed E-state index contributed by atoms with van der Waals surface area (Å²) < 4.78 is 4.05. The topological polar surface area (TPSA) is 46.0 Å². The highest BCUT2D eigenvalue weighted by Gasteiger charge is 2.07. The number of nitrogens with zero attached hydrogens (tertiary/aromatic N) is 2. The molecular weight excluding hydrogens is 172 g/mol. The van der Waals surface area contributed by atoms with E-state index in [1.807, 2.05) is 6.92 Å². The smallest absolute Gasteiger partial charge is 0.139 e. The van der Waals surface area contributed by atoms with E-state index in [0.717, 1.165) is 23.7 Å². The molecule has 1 aromatic heterocycles. The van der Waals surface area contributed by atoms with Gasteiger partial charge >= 0.3 is 0 Å². The first-order chi connectivity index (χ1) is 5.72. The van der Waals surface area contributed by atoms with Gasteiger partial charge in [0, 0.05) is 6.42 Å². The molecule has 68 valence electrons. The van der Waals surface area contributed by atoms with Crippen molar-refractivity contribution in [2.24, 2.45) is 0 Å². The van der Waals surface area contributed by atoms with Crippen LogP contribution in [0.15, 0.2) is 0 Å². The number of aliphatic hydroxyl groups excluding tert-OH is 1. The fourth-order valence-corrected chi connectivity index (χ4v) is 1.78. The van der Waals surface area contributed by atoms with Gasteiger partial charge in [-0.15, -0.1) is 0 Å². The molecule has 1 N–H and O–H groups in total. The average Bonchev–Trinajstić information content (AvgIpc) is 2.36. The van der Waals surface area contributed by atoms with Gasteiger partial charge in [0.25, 0.3) is 0 Å². The Morgan fingerprint density at radius 1 is 1.58 bits per heavy atom. The van der Waals surface area contributed by atoms with E-state index in [1.54, 1.807) is 0 Å². The maximum absolute atomic E-state index is 9.45. The Kier molecular flexibility index (Phi) is 3.62. The highest BCUT2D eigenvalue weighted by Crippen LogP contribution is 2.09. The van der Waals surface area contributed by atoms with Crippen molar-refractivity contribution in [2.75, 3.05) is 0 Å². The lowest BCUT2D eigenvalue weighted by Gasteiger charge is -2.04. The van der Waals surface area contributed by atoms with Crippen LogP contribution in [0.3, 0.4) is 0 Å². The lowest BCUT2D eigenvalue weighted by molar-refractivity contribution is 0.164. The molecule has 0 fully saturated rings. The molecule has 1 rings (SSSR count). The zero-order valence-corrected chi connectivity index (χ0v) is 8.27. The average molecular weight is 186 g/mol. The summed E-state index contributed by atoms with van der Waals surface area (Å²) in [5, 5.41) is 10.4. The summed E-state index contributed by atoms with van der Waals surface area (Å²) in [7, 11) is 0. The van der Waals surface area contributed by atoms with Crippen LogP contribution >= 0.6 is 11.5 Å². The molecule has 12 heavy (non-hydrogen) atoms. The Morgan fingerprint density at radius 3 is 2.83 bits per heavy atom. The standard InChI is InChI=1S/C8H14N2OS/c1-3-4-7(11)5-8-9-6(2)10-12-8/h7,11H,3-5H2,1-2H3. The molecule has 0 aliphatic heterocycles. The minimum atomic E-state index is -0.248. The van der Waals surface area contributed by atoms with Crippen LogP contribution in [0.25, 0.3) is 0 Å². The summed E-state index contributed by atoms with van der Waals surface area (Å²) in [4.78, 5) is 4.18. The maximum Gasteiger partial charge on any atom is 0.139 e. The Bertz CT molecular complexity index is 237. The minimum absolute atomic E-state index is 0.248. The second kappa shape index (κ2) is 4.52. The van der Waals surface area contributed by atoms with E-state index in [-0.39, 0.29) is 6.10 Å². The van der Waals surface area contributed by atoms with Crippen LogP contribution in [0.4, 0.5) is 0 Å². The third kappa shape index (κ3) is 2.87. The van der Waals surface area contributed by atoms with Gasteiger partial charge in [0.05, 0.1) is 6.10 Å². The second-order valence-electron chi connectivity index (χ2n) is 2.88. The van der Waals surface area contributed by atoms with Gasteiger partial charge in [0.15, 0.2) is 0 Å². The Hall–Kier alpha value is -0.480. The molecule has 1 unspecified atom stereocenters. The Labute approximate surface area is 76.6 Å². The van der Waals surface area contributed by atoms with Crippen LogP contribution in [-0.2, 0) is 6.42 Å². The number of aliphatic hydroxyl groups is 1. The van der Waals surface area contributed by atoms with Crippen LogP contribution in [0.2, 0.25) is 0 Å². The first kappa shape index (κ1) is 9.61. The van der Waals surface area contributed by atoms with Gasteiger partial charge in [-0.25, -0.2) is 4.98 Å². The first-order valence-corrected chi connectivity index (χ1v) is 4.97. The van der Waals surface area contributed by atoms with Crippen LogP contribution in [0.1, 0.15) is 30.6 Å². The quantitative estimate of drug-likeness (QED) is 0.776. The number of aryl methyl sites for hydroxylation is 1. The largest absolute Gasteiger partial charge is 0.393 e. The second-order valence-corrected chi connectivity index (χ2v) is 3.72. The van der Waals surface area contributed by atoms with Crippen molar-refractivity contribution in [1.29, 1.82) is 0 Å². The first-order valence-electron chi connectivity index (χ1n) is 4.19. The van der Waals surface area contributed by atoms with Crippen LogP contribution in [-0.4, -0.2) is 20.6 Å². The number of rotatable bonds is 4. The molecule has 1 atom stereocenters. The molecule has 0 saturated carbocycles. The van der Waals surface area contributed by atoms with E-state index in [1.165, 1.54) is 11.5 Å².